The molecule has 0 spiro atoms. The summed E-state index contributed by atoms with van der Waals surface area (Å²) < 4.78 is 1.77. The third kappa shape index (κ3) is 3.89. The lowest BCUT2D eigenvalue weighted by Crippen LogP contribution is -2.41. The molecule has 1 unspecified atom stereocenters. The van der Waals surface area contributed by atoms with Gasteiger partial charge < -0.3 is 9.88 Å². The predicted molar refractivity (Wildman–Crippen MR) is 113 cm³/mol. The highest BCUT2D eigenvalue weighted by Crippen LogP contribution is 2.30. The predicted octanol–water partition coefficient (Wildman–Crippen LogP) is 3.37. The first-order valence-electron chi connectivity index (χ1n) is 9.88. The first-order chi connectivity index (χ1) is 13.9. The highest BCUT2D eigenvalue weighted by molar-refractivity contribution is 7.08. The number of likely N-dealkylation sites (tertiary alicyclic amines) is 1. The molecule has 8 heteroatoms. The van der Waals surface area contributed by atoms with E-state index in [0.717, 1.165) is 41.8 Å². The largest absolute Gasteiger partial charge is 0.331 e. The molecule has 152 valence electrons. The fourth-order valence-corrected chi connectivity index (χ4v) is 4.52. The fourth-order valence-electron chi connectivity index (χ4n) is 3.87. The van der Waals surface area contributed by atoms with Crippen LogP contribution in [0.4, 0.5) is 0 Å². The quantitative estimate of drug-likeness (QED) is 0.713. The molecule has 3 aromatic heterocycles. The highest BCUT2D eigenvalue weighted by Gasteiger charge is 2.30. The monoisotopic (exact) mass is 411 g/mol. The van der Waals surface area contributed by atoms with Gasteiger partial charge in [-0.05, 0) is 57.0 Å². The zero-order chi connectivity index (χ0) is 20.5. The Labute approximate surface area is 173 Å². The zero-order valence-electron chi connectivity index (χ0n) is 16.9. The molecule has 1 N–H and O–H groups in total. The van der Waals surface area contributed by atoms with Gasteiger partial charge in [0.1, 0.15) is 12.4 Å². The van der Waals surface area contributed by atoms with Crippen LogP contribution < -0.4 is 5.56 Å². The van der Waals surface area contributed by atoms with E-state index in [1.807, 2.05) is 42.5 Å². The Morgan fingerprint density at radius 3 is 2.83 bits per heavy atom. The number of carbonyl (C=O) groups is 1. The lowest BCUT2D eigenvalue weighted by atomic mass is 10.0. The number of nitrogens with zero attached hydrogens (tertiary/aromatic N) is 4. The minimum atomic E-state index is -0.222. The van der Waals surface area contributed by atoms with E-state index in [4.69, 9.17) is 4.98 Å². The lowest BCUT2D eigenvalue weighted by Gasteiger charge is -2.35. The summed E-state index contributed by atoms with van der Waals surface area (Å²) in [6, 6.07) is 3.24. The van der Waals surface area contributed by atoms with Gasteiger partial charge in [0, 0.05) is 29.2 Å². The van der Waals surface area contributed by atoms with Gasteiger partial charge in [-0.25, -0.2) is 4.98 Å². The van der Waals surface area contributed by atoms with E-state index in [9.17, 15) is 9.59 Å². The smallest absolute Gasteiger partial charge is 0.251 e. The molecule has 1 saturated heterocycles. The summed E-state index contributed by atoms with van der Waals surface area (Å²) in [6.45, 7) is 6.82. The van der Waals surface area contributed by atoms with E-state index in [-0.39, 0.29) is 24.1 Å². The van der Waals surface area contributed by atoms with Crippen LogP contribution in [0.5, 0.6) is 0 Å². The number of aromatic amines is 1. The van der Waals surface area contributed by atoms with Crippen molar-refractivity contribution in [2.45, 2.75) is 52.6 Å². The summed E-state index contributed by atoms with van der Waals surface area (Å²) in [5.74, 6) is 0.570. The number of rotatable bonds is 4. The highest BCUT2D eigenvalue weighted by atomic mass is 32.1. The number of hydrogen-bond acceptors (Lipinski definition) is 5. The van der Waals surface area contributed by atoms with Crippen molar-refractivity contribution >= 4 is 17.2 Å². The molecule has 0 radical (unpaired) electrons. The zero-order valence-corrected chi connectivity index (χ0v) is 17.8. The van der Waals surface area contributed by atoms with Gasteiger partial charge in [-0.2, -0.15) is 16.4 Å². The van der Waals surface area contributed by atoms with Gasteiger partial charge >= 0.3 is 0 Å². The number of carbonyl (C=O) groups excluding carboxylic acids is 1. The molecule has 3 aromatic rings. The van der Waals surface area contributed by atoms with Crippen LogP contribution >= 0.6 is 11.3 Å². The Morgan fingerprint density at radius 2 is 2.14 bits per heavy atom. The van der Waals surface area contributed by atoms with Crippen molar-refractivity contribution < 1.29 is 4.79 Å². The van der Waals surface area contributed by atoms with Crippen LogP contribution in [0.1, 0.15) is 48.1 Å². The van der Waals surface area contributed by atoms with Gasteiger partial charge in [-0.3, -0.25) is 14.3 Å². The van der Waals surface area contributed by atoms with Crippen LogP contribution in [0.2, 0.25) is 0 Å². The molecule has 1 fully saturated rings. The Kier molecular flexibility index (Phi) is 5.36. The van der Waals surface area contributed by atoms with Gasteiger partial charge in [0.15, 0.2) is 0 Å². The van der Waals surface area contributed by atoms with Crippen molar-refractivity contribution in [1.82, 2.24) is 24.6 Å². The molecule has 0 bridgehead atoms. The maximum Gasteiger partial charge on any atom is 0.251 e. The van der Waals surface area contributed by atoms with Crippen LogP contribution in [-0.4, -0.2) is 37.1 Å². The average molecular weight is 412 g/mol. The molecule has 1 amide bonds. The Balaban J connectivity index is 1.63. The minimum Gasteiger partial charge on any atom is -0.331 e. The molecule has 4 rings (SSSR count). The molecule has 0 aliphatic carbocycles. The topological polar surface area (TPSA) is 83.9 Å². The standard InChI is InChI=1S/C21H25N5O2S/c1-13-14(2)24-26(15(13)3)11-20(28)25-8-5-4-6-18(25)21-22-17(10-19(27)23-21)16-7-9-29-12-16/h7,9-10,12,18H,4-6,8,11H2,1-3H3,(H,22,23,27). The number of aromatic nitrogens is 4. The van der Waals surface area contributed by atoms with E-state index in [2.05, 4.69) is 10.1 Å². The van der Waals surface area contributed by atoms with E-state index >= 15 is 0 Å². The minimum absolute atomic E-state index is 0.00360. The average Bonchev–Trinajstić information content (AvgIpc) is 3.33. The third-order valence-electron chi connectivity index (χ3n) is 5.74. The number of H-pyrrole nitrogens is 1. The number of thiophene rings is 1. The maximum absolute atomic E-state index is 13.2. The van der Waals surface area contributed by atoms with Crippen molar-refractivity contribution in [2.75, 3.05) is 6.54 Å². The summed E-state index contributed by atoms with van der Waals surface area (Å²) in [7, 11) is 0. The number of aryl methyl sites for hydroxylation is 1. The van der Waals surface area contributed by atoms with Gasteiger partial charge in [0.05, 0.1) is 17.4 Å². The summed E-state index contributed by atoms with van der Waals surface area (Å²) in [6.07, 6.45) is 2.74. The summed E-state index contributed by atoms with van der Waals surface area (Å²) >= 11 is 1.57. The second-order valence-electron chi connectivity index (χ2n) is 7.58. The number of piperidine rings is 1. The van der Waals surface area contributed by atoms with Crippen LogP contribution in [0.25, 0.3) is 11.3 Å². The number of hydrogen-bond donors (Lipinski definition) is 1. The second-order valence-corrected chi connectivity index (χ2v) is 8.36. The van der Waals surface area contributed by atoms with Crippen molar-refractivity contribution in [3.8, 4) is 11.3 Å². The van der Waals surface area contributed by atoms with E-state index in [0.29, 0.717) is 18.1 Å². The molecule has 4 heterocycles. The van der Waals surface area contributed by atoms with Gasteiger partial charge in [0.25, 0.3) is 5.56 Å². The Morgan fingerprint density at radius 1 is 1.31 bits per heavy atom. The van der Waals surface area contributed by atoms with Crippen LogP contribution in [0.3, 0.4) is 0 Å². The fraction of sp³-hybridized carbons (Fsp3) is 0.429. The Hall–Kier alpha value is -2.74. The Bertz CT molecular complexity index is 1080. The second kappa shape index (κ2) is 7.94. The molecule has 0 aromatic carbocycles. The van der Waals surface area contributed by atoms with Crippen molar-refractivity contribution in [2.24, 2.45) is 0 Å². The van der Waals surface area contributed by atoms with Gasteiger partial charge in [0.2, 0.25) is 5.91 Å². The maximum atomic E-state index is 13.2. The molecule has 1 aliphatic heterocycles. The lowest BCUT2D eigenvalue weighted by molar-refractivity contribution is -0.136. The number of nitrogens with one attached hydrogen (secondary N) is 1. The molecular formula is C21H25N5O2S. The molecule has 29 heavy (non-hydrogen) atoms. The van der Waals surface area contributed by atoms with Gasteiger partial charge in [-0.15, -0.1) is 0 Å². The first-order valence-corrected chi connectivity index (χ1v) is 10.8. The molecule has 7 nitrogen and oxygen atoms in total. The molecular weight excluding hydrogens is 386 g/mol. The van der Waals surface area contributed by atoms with Crippen molar-refractivity contribution in [3.63, 3.8) is 0 Å². The molecule has 0 saturated carbocycles. The molecule has 1 atom stereocenters. The van der Waals surface area contributed by atoms with Crippen LogP contribution in [0.15, 0.2) is 27.7 Å². The van der Waals surface area contributed by atoms with Crippen LogP contribution in [0, 0.1) is 20.8 Å². The third-order valence-corrected chi connectivity index (χ3v) is 6.43. The van der Waals surface area contributed by atoms with Gasteiger partial charge in [-0.1, -0.05) is 0 Å². The van der Waals surface area contributed by atoms with E-state index in [1.54, 1.807) is 16.0 Å². The van der Waals surface area contributed by atoms with Crippen LogP contribution in [-0.2, 0) is 11.3 Å². The summed E-state index contributed by atoms with van der Waals surface area (Å²) in [5.41, 5.74) is 4.45. The molecule has 1 aliphatic rings. The SMILES string of the molecule is Cc1nn(CC(=O)N2CCCCC2c2nc(-c3ccsc3)cc(=O)[nH]2)c(C)c1C. The van der Waals surface area contributed by atoms with Crippen molar-refractivity contribution in [1.29, 1.82) is 0 Å². The summed E-state index contributed by atoms with van der Waals surface area (Å²) in [4.78, 5) is 34.9. The normalized spacial score (nSPS) is 16.9. The summed E-state index contributed by atoms with van der Waals surface area (Å²) in [5, 5.41) is 8.44. The van der Waals surface area contributed by atoms with E-state index in [1.165, 1.54) is 6.07 Å². The first kappa shape index (κ1) is 19.6. The number of amides is 1. The van der Waals surface area contributed by atoms with E-state index < -0.39 is 0 Å². The van der Waals surface area contributed by atoms with Crippen molar-refractivity contribution in [3.05, 3.63) is 56.0 Å².